The molecule has 0 radical (unpaired) electrons. The highest BCUT2D eigenvalue weighted by molar-refractivity contribution is 5.30. The molecule has 0 spiro atoms. The van der Waals surface area contributed by atoms with Gasteiger partial charge >= 0.3 is 0 Å². The highest BCUT2D eigenvalue weighted by atomic mass is 16.5. The molecule has 2 rings (SSSR count). The second-order valence-electron chi connectivity index (χ2n) is 6.28. The van der Waals surface area contributed by atoms with Crippen molar-refractivity contribution in [2.24, 2.45) is 5.92 Å². The normalized spacial score (nSPS) is 22.4. The predicted octanol–water partition coefficient (Wildman–Crippen LogP) is 4.36. The third-order valence-electron chi connectivity index (χ3n) is 4.23. The Morgan fingerprint density at radius 2 is 1.95 bits per heavy atom. The lowest BCUT2D eigenvalue weighted by molar-refractivity contribution is 0.317. The van der Waals surface area contributed by atoms with Crippen LogP contribution in [0, 0.1) is 5.92 Å². The summed E-state index contributed by atoms with van der Waals surface area (Å²) in [5, 5.41) is 3.60. The first kappa shape index (κ1) is 15.4. The van der Waals surface area contributed by atoms with Gasteiger partial charge in [-0.1, -0.05) is 39.3 Å². The van der Waals surface area contributed by atoms with Crippen molar-refractivity contribution in [3.05, 3.63) is 29.8 Å². The van der Waals surface area contributed by atoms with Gasteiger partial charge in [-0.2, -0.15) is 0 Å². The Balaban J connectivity index is 1.95. The van der Waals surface area contributed by atoms with Gasteiger partial charge in [0.25, 0.3) is 0 Å². The summed E-state index contributed by atoms with van der Waals surface area (Å²) < 4.78 is 5.67. The van der Waals surface area contributed by atoms with Crippen LogP contribution in [0.2, 0.25) is 0 Å². The first-order chi connectivity index (χ1) is 9.70. The molecule has 1 fully saturated rings. The maximum Gasteiger partial charge on any atom is 0.119 e. The van der Waals surface area contributed by atoms with Crippen LogP contribution in [0.1, 0.15) is 57.9 Å². The number of nitrogens with one attached hydrogen (secondary N) is 1. The largest absolute Gasteiger partial charge is 0.494 e. The van der Waals surface area contributed by atoms with Crippen molar-refractivity contribution in [1.82, 2.24) is 5.32 Å². The molecule has 1 N–H and O–H groups in total. The van der Waals surface area contributed by atoms with E-state index in [1.54, 1.807) is 0 Å². The van der Waals surface area contributed by atoms with Gasteiger partial charge in [-0.05, 0) is 55.3 Å². The van der Waals surface area contributed by atoms with E-state index < -0.39 is 0 Å². The molecule has 1 aromatic rings. The van der Waals surface area contributed by atoms with Crippen LogP contribution in [0.5, 0.6) is 5.75 Å². The van der Waals surface area contributed by atoms with Gasteiger partial charge in [0.05, 0.1) is 6.61 Å². The van der Waals surface area contributed by atoms with Crippen LogP contribution in [0.25, 0.3) is 0 Å². The lowest BCUT2D eigenvalue weighted by Gasteiger charge is -2.22. The summed E-state index contributed by atoms with van der Waals surface area (Å²) in [5.41, 5.74) is 1.49. The highest BCUT2D eigenvalue weighted by Crippen LogP contribution is 2.39. The van der Waals surface area contributed by atoms with Crippen LogP contribution < -0.4 is 10.1 Å². The topological polar surface area (TPSA) is 21.3 Å². The Kier molecular flexibility index (Phi) is 5.90. The first-order valence-corrected chi connectivity index (χ1v) is 8.16. The smallest absolute Gasteiger partial charge is 0.119 e. The highest BCUT2D eigenvalue weighted by Gasteiger charge is 2.28. The molecule has 2 atom stereocenters. The lowest BCUT2D eigenvalue weighted by atomic mass is 9.88. The Labute approximate surface area is 123 Å². The summed E-state index contributed by atoms with van der Waals surface area (Å²) in [6.45, 7) is 8.55. The van der Waals surface area contributed by atoms with E-state index in [1.807, 2.05) is 0 Å². The number of ether oxygens (including phenoxy) is 1. The molecular formula is C18H29NO. The van der Waals surface area contributed by atoms with E-state index in [1.165, 1.54) is 24.8 Å². The van der Waals surface area contributed by atoms with Crippen LogP contribution in [0.4, 0.5) is 0 Å². The zero-order valence-electron chi connectivity index (χ0n) is 13.2. The van der Waals surface area contributed by atoms with Gasteiger partial charge in [0.15, 0.2) is 0 Å². The summed E-state index contributed by atoms with van der Waals surface area (Å²) in [5.74, 6) is 2.52. The fraction of sp³-hybridized carbons (Fsp3) is 0.667. The van der Waals surface area contributed by atoms with E-state index in [-0.39, 0.29) is 0 Å². The average Bonchev–Trinajstić information content (AvgIpc) is 2.92. The van der Waals surface area contributed by atoms with Gasteiger partial charge in [-0.3, -0.25) is 0 Å². The number of hydrogen-bond donors (Lipinski definition) is 1. The summed E-state index contributed by atoms with van der Waals surface area (Å²) >= 11 is 0. The van der Waals surface area contributed by atoms with Crippen LogP contribution in [-0.4, -0.2) is 19.2 Å². The van der Waals surface area contributed by atoms with Crippen molar-refractivity contribution in [3.8, 4) is 5.75 Å². The molecule has 1 aliphatic rings. The lowest BCUT2D eigenvalue weighted by Crippen LogP contribution is -2.30. The molecule has 1 aliphatic carbocycles. The SMILES string of the molecule is CCCOc1ccc(C2CCCC2CNC(C)C)cc1. The molecule has 0 aromatic heterocycles. The van der Waals surface area contributed by atoms with Crippen molar-refractivity contribution in [2.45, 2.75) is 58.4 Å². The maximum absolute atomic E-state index is 5.67. The predicted molar refractivity (Wildman–Crippen MR) is 85.4 cm³/mol. The van der Waals surface area contributed by atoms with E-state index in [2.05, 4.69) is 50.4 Å². The molecule has 112 valence electrons. The van der Waals surface area contributed by atoms with E-state index in [9.17, 15) is 0 Å². The number of hydrogen-bond acceptors (Lipinski definition) is 2. The molecule has 2 unspecified atom stereocenters. The molecule has 2 heteroatoms. The number of benzene rings is 1. The van der Waals surface area contributed by atoms with Gasteiger partial charge < -0.3 is 10.1 Å². The molecular weight excluding hydrogens is 246 g/mol. The minimum Gasteiger partial charge on any atom is -0.494 e. The molecule has 0 heterocycles. The van der Waals surface area contributed by atoms with Crippen molar-refractivity contribution < 1.29 is 4.74 Å². The molecule has 1 saturated carbocycles. The van der Waals surface area contributed by atoms with Crippen LogP contribution in [-0.2, 0) is 0 Å². The number of rotatable bonds is 7. The van der Waals surface area contributed by atoms with Crippen molar-refractivity contribution in [1.29, 1.82) is 0 Å². The Morgan fingerprint density at radius 1 is 1.20 bits per heavy atom. The molecule has 0 saturated heterocycles. The molecule has 0 bridgehead atoms. The fourth-order valence-corrected chi connectivity index (χ4v) is 3.14. The van der Waals surface area contributed by atoms with Gasteiger partial charge in [0.2, 0.25) is 0 Å². The van der Waals surface area contributed by atoms with E-state index in [0.717, 1.165) is 37.2 Å². The monoisotopic (exact) mass is 275 g/mol. The molecule has 20 heavy (non-hydrogen) atoms. The van der Waals surface area contributed by atoms with Gasteiger partial charge in [0, 0.05) is 6.04 Å². The summed E-state index contributed by atoms with van der Waals surface area (Å²) in [7, 11) is 0. The van der Waals surface area contributed by atoms with E-state index in [0.29, 0.717) is 6.04 Å². The quantitative estimate of drug-likeness (QED) is 0.798. The van der Waals surface area contributed by atoms with E-state index in [4.69, 9.17) is 4.74 Å². The summed E-state index contributed by atoms with van der Waals surface area (Å²) in [6, 6.07) is 9.39. The second-order valence-corrected chi connectivity index (χ2v) is 6.28. The van der Waals surface area contributed by atoms with Crippen molar-refractivity contribution in [2.75, 3.05) is 13.2 Å². The van der Waals surface area contributed by atoms with Gasteiger partial charge in [-0.15, -0.1) is 0 Å². The fourth-order valence-electron chi connectivity index (χ4n) is 3.14. The minimum atomic E-state index is 0.584. The zero-order valence-corrected chi connectivity index (χ0v) is 13.2. The summed E-state index contributed by atoms with van der Waals surface area (Å²) in [6.07, 6.45) is 5.12. The van der Waals surface area contributed by atoms with Gasteiger partial charge in [0.1, 0.15) is 5.75 Å². The molecule has 0 aliphatic heterocycles. The Morgan fingerprint density at radius 3 is 2.60 bits per heavy atom. The Bertz CT molecular complexity index is 385. The minimum absolute atomic E-state index is 0.584. The van der Waals surface area contributed by atoms with Gasteiger partial charge in [-0.25, -0.2) is 0 Å². The van der Waals surface area contributed by atoms with Crippen LogP contribution in [0.3, 0.4) is 0 Å². The van der Waals surface area contributed by atoms with E-state index >= 15 is 0 Å². The molecule has 1 aromatic carbocycles. The molecule has 0 amide bonds. The first-order valence-electron chi connectivity index (χ1n) is 8.16. The Hall–Kier alpha value is -1.02. The van der Waals surface area contributed by atoms with Crippen LogP contribution in [0.15, 0.2) is 24.3 Å². The second kappa shape index (κ2) is 7.68. The van der Waals surface area contributed by atoms with Crippen LogP contribution >= 0.6 is 0 Å². The molecule has 2 nitrogen and oxygen atoms in total. The standard InChI is InChI=1S/C18H29NO/c1-4-12-20-17-10-8-15(9-11-17)18-7-5-6-16(18)13-19-14(2)3/h8-11,14,16,18-19H,4-7,12-13H2,1-3H3. The van der Waals surface area contributed by atoms with Crippen molar-refractivity contribution in [3.63, 3.8) is 0 Å². The zero-order chi connectivity index (χ0) is 14.4. The third kappa shape index (κ3) is 4.24. The summed E-state index contributed by atoms with van der Waals surface area (Å²) in [4.78, 5) is 0. The average molecular weight is 275 g/mol. The third-order valence-corrected chi connectivity index (χ3v) is 4.23. The van der Waals surface area contributed by atoms with Crippen molar-refractivity contribution >= 4 is 0 Å². The maximum atomic E-state index is 5.67.